The van der Waals surface area contributed by atoms with Gasteiger partial charge in [0.25, 0.3) is 0 Å². The highest BCUT2D eigenvalue weighted by Gasteiger charge is 2.18. The third-order valence-electron chi connectivity index (χ3n) is 6.93. The Balaban J connectivity index is 1.26. The van der Waals surface area contributed by atoms with Gasteiger partial charge in [0.15, 0.2) is 17.1 Å². The number of pyridine rings is 4. The molecule has 182 valence electrons. The molecule has 0 bridgehead atoms. The van der Waals surface area contributed by atoms with Crippen LogP contribution >= 0.6 is 0 Å². The molecule has 6 aromatic rings. The number of rotatable bonds is 5. The number of ether oxygens (including phenoxy) is 1. The van der Waals surface area contributed by atoms with Gasteiger partial charge in [0.1, 0.15) is 11.4 Å². The molecule has 37 heavy (non-hydrogen) atoms. The van der Waals surface area contributed by atoms with Gasteiger partial charge in [-0.05, 0) is 61.6 Å². The van der Waals surface area contributed by atoms with Crippen LogP contribution in [0.1, 0.15) is 32.1 Å². The fourth-order valence-corrected chi connectivity index (χ4v) is 5.06. The molecule has 9 nitrogen and oxygen atoms in total. The van der Waals surface area contributed by atoms with Crippen molar-refractivity contribution in [1.82, 2.24) is 40.1 Å². The zero-order valence-corrected chi connectivity index (χ0v) is 20.1. The molecule has 0 amide bonds. The van der Waals surface area contributed by atoms with Crippen LogP contribution in [-0.2, 0) is 0 Å². The largest absolute Gasteiger partial charge is 0.489 e. The van der Waals surface area contributed by atoms with Crippen molar-refractivity contribution >= 4 is 22.2 Å². The Kier molecular flexibility index (Phi) is 5.31. The highest BCUT2D eigenvalue weighted by atomic mass is 16.5. The van der Waals surface area contributed by atoms with Gasteiger partial charge >= 0.3 is 0 Å². The van der Waals surface area contributed by atoms with E-state index in [2.05, 4.69) is 41.2 Å². The van der Waals surface area contributed by atoms with E-state index in [1.807, 2.05) is 36.7 Å². The minimum atomic E-state index is 0.269. The summed E-state index contributed by atoms with van der Waals surface area (Å²) in [6.07, 6.45) is 17.0. The van der Waals surface area contributed by atoms with Crippen molar-refractivity contribution in [2.75, 3.05) is 0 Å². The SMILES string of the molecule is c1cc(-c2ccnc3nc(-c4[nH]nc5ncc(-c6cncc(OC7CCCCC7)c6)cc45)[nH]c23)ccn1. The number of fused-ring (bicyclic) bond motifs is 2. The van der Waals surface area contributed by atoms with Gasteiger partial charge < -0.3 is 9.72 Å². The van der Waals surface area contributed by atoms with Crippen LogP contribution in [0.25, 0.3) is 56.0 Å². The van der Waals surface area contributed by atoms with Crippen molar-refractivity contribution in [3.63, 3.8) is 0 Å². The second-order valence-electron chi connectivity index (χ2n) is 9.36. The molecule has 2 N–H and O–H groups in total. The third kappa shape index (κ3) is 4.08. The maximum Gasteiger partial charge on any atom is 0.181 e. The molecule has 1 saturated carbocycles. The Morgan fingerprint density at radius 3 is 2.54 bits per heavy atom. The van der Waals surface area contributed by atoms with E-state index < -0.39 is 0 Å². The van der Waals surface area contributed by atoms with Crippen LogP contribution in [0.3, 0.4) is 0 Å². The van der Waals surface area contributed by atoms with Crippen LogP contribution in [0.4, 0.5) is 0 Å². The standard InChI is InChI=1S/C28H24N8O/c1-2-4-20(5-3-1)37-21-12-18(14-30-16-21)19-13-23-25(35-36-26(23)32-15-19)28-33-24-22(8-11-31-27(24)34-28)17-6-9-29-10-7-17/h6-16,20H,1-5H2,(H,31,33,34)(H,32,35,36). The first-order valence-corrected chi connectivity index (χ1v) is 12.5. The van der Waals surface area contributed by atoms with Crippen molar-refractivity contribution < 1.29 is 4.74 Å². The second kappa shape index (κ2) is 9.09. The predicted molar refractivity (Wildman–Crippen MR) is 141 cm³/mol. The summed E-state index contributed by atoms with van der Waals surface area (Å²) in [5, 5.41) is 8.38. The van der Waals surface area contributed by atoms with Gasteiger partial charge in [-0.25, -0.2) is 15.0 Å². The number of H-pyrrole nitrogens is 2. The van der Waals surface area contributed by atoms with Gasteiger partial charge in [0.05, 0.1) is 23.2 Å². The molecule has 1 aliphatic carbocycles. The summed E-state index contributed by atoms with van der Waals surface area (Å²) in [5.41, 5.74) is 6.79. The van der Waals surface area contributed by atoms with Gasteiger partial charge in [-0.3, -0.25) is 15.1 Å². The molecule has 9 heteroatoms. The number of aromatic amines is 2. The van der Waals surface area contributed by atoms with E-state index in [1.54, 1.807) is 24.8 Å². The average Bonchev–Trinajstić information content (AvgIpc) is 3.58. The van der Waals surface area contributed by atoms with E-state index in [1.165, 1.54) is 19.3 Å². The Morgan fingerprint density at radius 2 is 1.65 bits per heavy atom. The Bertz CT molecular complexity index is 1700. The summed E-state index contributed by atoms with van der Waals surface area (Å²) >= 11 is 0. The number of imidazole rings is 1. The maximum absolute atomic E-state index is 6.24. The lowest BCUT2D eigenvalue weighted by atomic mass is 9.98. The predicted octanol–water partition coefficient (Wildman–Crippen LogP) is 5.73. The molecule has 6 heterocycles. The first-order chi connectivity index (χ1) is 18.3. The summed E-state index contributed by atoms with van der Waals surface area (Å²) in [4.78, 5) is 25.8. The summed E-state index contributed by atoms with van der Waals surface area (Å²) in [6, 6.07) is 10.0. The van der Waals surface area contributed by atoms with Crippen LogP contribution in [0, 0.1) is 0 Å². The number of nitrogens with zero attached hydrogens (tertiary/aromatic N) is 6. The molecule has 0 aromatic carbocycles. The second-order valence-corrected chi connectivity index (χ2v) is 9.36. The number of hydrogen-bond acceptors (Lipinski definition) is 7. The zero-order valence-electron chi connectivity index (χ0n) is 20.1. The minimum absolute atomic E-state index is 0.269. The number of hydrogen-bond donors (Lipinski definition) is 2. The van der Waals surface area contributed by atoms with Crippen molar-refractivity contribution in [1.29, 1.82) is 0 Å². The zero-order chi connectivity index (χ0) is 24.6. The van der Waals surface area contributed by atoms with E-state index in [0.717, 1.165) is 57.4 Å². The lowest BCUT2D eigenvalue weighted by molar-refractivity contribution is 0.154. The average molecular weight is 489 g/mol. The minimum Gasteiger partial charge on any atom is -0.489 e. The molecule has 0 radical (unpaired) electrons. The van der Waals surface area contributed by atoms with Crippen molar-refractivity contribution in [2.24, 2.45) is 0 Å². The number of nitrogens with one attached hydrogen (secondary N) is 2. The highest BCUT2D eigenvalue weighted by molar-refractivity contribution is 5.96. The molecule has 0 spiro atoms. The molecule has 0 unspecified atom stereocenters. The van der Waals surface area contributed by atoms with Gasteiger partial charge in [0.2, 0.25) is 0 Å². The van der Waals surface area contributed by atoms with Crippen LogP contribution in [0.5, 0.6) is 5.75 Å². The summed E-state index contributed by atoms with van der Waals surface area (Å²) in [7, 11) is 0. The van der Waals surface area contributed by atoms with E-state index in [9.17, 15) is 0 Å². The smallest absolute Gasteiger partial charge is 0.181 e. The molecule has 7 rings (SSSR count). The summed E-state index contributed by atoms with van der Waals surface area (Å²) in [5.74, 6) is 1.45. The molecular formula is C28H24N8O. The fourth-order valence-electron chi connectivity index (χ4n) is 5.06. The Hall–Kier alpha value is -4.66. The number of aromatic nitrogens is 8. The summed E-state index contributed by atoms with van der Waals surface area (Å²) in [6.45, 7) is 0. The topological polar surface area (TPSA) is 118 Å². The van der Waals surface area contributed by atoms with Crippen LogP contribution < -0.4 is 4.74 Å². The van der Waals surface area contributed by atoms with E-state index >= 15 is 0 Å². The molecule has 0 aliphatic heterocycles. The monoisotopic (exact) mass is 488 g/mol. The first-order valence-electron chi connectivity index (χ1n) is 12.5. The van der Waals surface area contributed by atoms with Crippen LogP contribution in [0.2, 0.25) is 0 Å². The maximum atomic E-state index is 6.24. The van der Waals surface area contributed by atoms with Crippen LogP contribution in [-0.4, -0.2) is 46.2 Å². The molecule has 1 aliphatic rings. The molecule has 0 atom stereocenters. The normalized spacial score (nSPS) is 14.4. The van der Waals surface area contributed by atoms with E-state index in [0.29, 0.717) is 17.1 Å². The van der Waals surface area contributed by atoms with Gasteiger partial charge in [0, 0.05) is 47.7 Å². The molecule has 6 aromatic heterocycles. The van der Waals surface area contributed by atoms with Crippen molar-refractivity contribution in [2.45, 2.75) is 38.2 Å². The quantitative estimate of drug-likeness (QED) is 0.318. The highest BCUT2D eigenvalue weighted by Crippen LogP contribution is 2.32. The lowest BCUT2D eigenvalue weighted by Crippen LogP contribution is -2.19. The molecule has 1 fully saturated rings. The van der Waals surface area contributed by atoms with Crippen molar-refractivity contribution in [3.05, 3.63) is 67.5 Å². The Labute approximate surface area is 212 Å². The molecule has 0 saturated heterocycles. The van der Waals surface area contributed by atoms with Crippen molar-refractivity contribution in [3.8, 4) is 39.5 Å². The first kappa shape index (κ1) is 21.6. The van der Waals surface area contributed by atoms with E-state index in [4.69, 9.17) is 9.72 Å². The summed E-state index contributed by atoms with van der Waals surface area (Å²) < 4.78 is 6.24. The van der Waals surface area contributed by atoms with E-state index in [-0.39, 0.29) is 6.10 Å². The van der Waals surface area contributed by atoms with Gasteiger partial charge in [-0.15, -0.1) is 0 Å². The Morgan fingerprint density at radius 1 is 0.784 bits per heavy atom. The fraction of sp³-hybridized carbons (Fsp3) is 0.214. The third-order valence-corrected chi connectivity index (χ3v) is 6.93. The lowest BCUT2D eigenvalue weighted by Gasteiger charge is -2.23. The van der Waals surface area contributed by atoms with Crippen LogP contribution in [0.15, 0.2) is 67.5 Å². The van der Waals surface area contributed by atoms with Gasteiger partial charge in [-0.2, -0.15) is 5.10 Å². The van der Waals surface area contributed by atoms with Gasteiger partial charge in [-0.1, -0.05) is 6.42 Å². The molecular weight excluding hydrogens is 464 g/mol.